The van der Waals surface area contributed by atoms with E-state index in [2.05, 4.69) is 10.1 Å². The highest BCUT2D eigenvalue weighted by Crippen LogP contribution is 2.25. The molecule has 3 heterocycles. The molecule has 0 radical (unpaired) electrons. The summed E-state index contributed by atoms with van der Waals surface area (Å²) in [4.78, 5) is 19.0. The molecule has 3 rings (SSSR count). The molecule has 1 amide bonds. The van der Waals surface area contributed by atoms with Crippen molar-refractivity contribution in [3.8, 4) is 5.88 Å². The summed E-state index contributed by atoms with van der Waals surface area (Å²) in [5.41, 5.74) is 0.246. The number of halogens is 1. The van der Waals surface area contributed by atoms with Crippen molar-refractivity contribution in [3.63, 3.8) is 0 Å². The van der Waals surface area contributed by atoms with Gasteiger partial charge in [0.25, 0.3) is 5.91 Å². The van der Waals surface area contributed by atoms with Crippen molar-refractivity contribution in [2.24, 2.45) is 0 Å². The van der Waals surface area contributed by atoms with Crippen molar-refractivity contribution >= 4 is 17.5 Å². The van der Waals surface area contributed by atoms with Crippen LogP contribution in [0.3, 0.4) is 0 Å². The molecule has 1 fully saturated rings. The van der Waals surface area contributed by atoms with Gasteiger partial charge < -0.3 is 9.64 Å². The Morgan fingerprint density at radius 2 is 2.25 bits per heavy atom. The number of amides is 1. The fourth-order valence-corrected chi connectivity index (χ4v) is 3.07. The van der Waals surface area contributed by atoms with Crippen molar-refractivity contribution in [1.82, 2.24) is 19.7 Å². The maximum atomic E-state index is 12.9. The number of rotatable bonds is 4. The molecule has 0 saturated carbocycles. The molecule has 0 bridgehead atoms. The fourth-order valence-electron chi connectivity index (χ4n) is 2.88. The highest BCUT2D eigenvalue weighted by Gasteiger charge is 2.28. The summed E-state index contributed by atoms with van der Waals surface area (Å²) in [5.74, 6) is 0.254. The Morgan fingerprint density at radius 3 is 2.96 bits per heavy atom. The monoisotopic (exact) mass is 348 g/mol. The lowest BCUT2D eigenvalue weighted by molar-refractivity contribution is 0.0665. The van der Waals surface area contributed by atoms with E-state index >= 15 is 0 Å². The second kappa shape index (κ2) is 7.21. The highest BCUT2D eigenvalue weighted by atomic mass is 35.5. The highest BCUT2D eigenvalue weighted by molar-refractivity contribution is 6.33. The first-order valence-corrected chi connectivity index (χ1v) is 8.54. The number of nitrogens with zero attached hydrogens (tertiary/aromatic N) is 4. The lowest BCUT2D eigenvalue weighted by Crippen LogP contribution is -2.41. The van der Waals surface area contributed by atoms with Crippen molar-refractivity contribution in [1.29, 1.82) is 0 Å². The van der Waals surface area contributed by atoms with Crippen molar-refractivity contribution < 1.29 is 9.53 Å². The van der Waals surface area contributed by atoms with E-state index in [4.69, 9.17) is 16.3 Å². The number of carbonyl (C=O) groups is 1. The second-order valence-corrected chi connectivity index (χ2v) is 6.59. The minimum Gasteiger partial charge on any atom is -0.475 e. The van der Waals surface area contributed by atoms with Crippen LogP contribution in [0.25, 0.3) is 0 Å². The summed E-state index contributed by atoms with van der Waals surface area (Å²) >= 11 is 6.20. The largest absolute Gasteiger partial charge is 0.475 e. The van der Waals surface area contributed by atoms with Crippen LogP contribution in [-0.2, 0) is 0 Å². The summed E-state index contributed by atoms with van der Waals surface area (Å²) in [6.07, 6.45) is 5.60. The van der Waals surface area contributed by atoms with E-state index in [-0.39, 0.29) is 23.7 Å². The van der Waals surface area contributed by atoms with Gasteiger partial charge in [0, 0.05) is 31.5 Å². The maximum absolute atomic E-state index is 12.9. The average Bonchev–Trinajstić information content (AvgIpc) is 3.10. The lowest BCUT2D eigenvalue weighted by Gasteiger charge is -2.32. The first kappa shape index (κ1) is 16.8. The van der Waals surface area contributed by atoms with E-state index in [0.29, 0.717) is 24.0 Å². The molecule has 0 N–H and O–H groups in total. The topological polar surface area (TPSA) is 60.2 Å². The minimum atomic E-state index is -0.161. The average molecular weight is 349 g/mol. The number of ether oxygens (including phenoxy) is 1. The molecule has 24 heavy (non-hydrogen) atoms. The molecule has 0 aromatic carbocycles. The van der Waals surface area contributed by atoms with E-state index in [1.54, 1.807) is 23.2 Å². The number of hydrogen-bond acceptors (Lipinski definition) is 4. The minimum absolute atomic E-state index is 0.0131. The number of likely N-dealkylation sites (tertiary alicyclic amines) is 1. The number of pyridine rings is 1. The molecule has 1 saturated heterocycles. The van der Waals surface area contributed by atoms with Gasteiger partial charge in [-0.2, -0.15) is 5.10 Å². The third-order valence-corrected chi connectivity index (χ3v) is 4.27. The van der Waals surface area contributed by atoms with Gasteiger partial charge >= 0.3 is 0 Å². The number of aromatic nitrogens is 3. The lowest BCUT2D eigenvalue weighted by atomic mass is 10.1. The molecule has 7 heteroatoms. The standard InChI is InChI=1S/C17H21ClN4O2/c1-12(2)24-15-7-6-14(18)16(20-15)17(23)21-9-3-5-13(11-21)22-10-4-8-19-22/h4,6-8,10,12-13H,3,5,9,11H2,1-2H3. The zero-order valence-corrected chi connectivity index (χ0v) is 14.6. The van der Waals surface area contributed by atoms with Crippen LogP contribution in [0.4, 0.5) is 0 Å². The van der Waals surface area contributed by atoms with Crippen LogP contribution in [0.1, 0.15) is 43.2 Å². The summed E-state index contributed by atoms with van der Waals surface area (Å²) in [6.45, 7) is 5.13. The zero-order chi connectivity index (χ0) is 17.1. The molecule has 0 aliphatic carbocycles. The van der Waals surface area contributed by atoms with Crippen molar-refractivity contribution in [3.05, 3.63) is 41.3 Å². The predicted octanol–water partition coefficient (Wildman–Crippen LogP) is 3.20. The van der Waals surface area contributed by atoms with Crippen LogP contribution in [-0.4, -0.2) is 44.8 Å². The van der Waals surface area contributed by atoms with Gasteiger partial charge in [0.05, 0.1) is 17.2 Å². The zero-order valence-electron chi connectivity index (χ0n) is 13.9. The molecule has 2 aromatic heterocycles. The summed E-state index contributed by atoms with van der Waals surface area (Å²) in [6, 6.07) is 5.42. The molecule has 6 nitrogen and oxygen atoms in total. The molecule has 1 aliphatic rings. The van der Waals surface area contributed by atoms with Gasteiger partial charge in [-0.05, 0) is 38.8 Å². The fraction of sp³-hybridized carbons (Fsp3) is 0.471. The summed E-state index contributed by atoms with van der Waals surface area (Å²) < 4.78 is 7.48. The molecule has 1 atom stereocenters. The van der Waals surface area contributed by atoms with Gasteiger partial charge in [-0.25, -0.2) is 4.98 Å². The Labute approximate surface area is 146 Å². The van der Waals surface area contributed by atoms with Crippen LogP contribution in [0, 0.1) is 0 Å². The Kier molecular flexibility index (Phi) is 5.04. The van der Waals surface area contributed by atoms with Gasteiger partial charge in [-0.1, -0.05) is 11.6 Å². The normalized spacial score (nSPS) is 18.0. The Hall–Kier alpha value is -2.08. The third kappa shape index (κ3) is 3.70. The van der Waals surface area contributed by atoms with Gasteiger partial charge in [-0.3, -0.25) is 9.48 Å². The summed E-state index contributed by atoms with van der Waals surface area (Å²) in [7, 11) is 0. The molecule has 1 unspecified atom stereocenters. The SMILES string of the molecule is CC(C)Oc1ccc(Cl)c(C(=O)N2CCCC(n3cccn3)C2)n1. The van der Waals surface area contributed by atoms with E-state index in [1.165, 1.54) is 0 Å². The first-order valence-electron chi connectivity index (χ1n) is 8.16. The molecule has 1 aliphatic heterocycles. The maximum Gasteiger partial charge on any atom is 0.274 e. The number of carbonyl (C=O) groups excluding carboxylic acids is 1. The van der Waals surface area contributed by atoms with Crippen LogP contribution in [0.15, 0.2) is 30.6 Å². The summed E-state index contributed by atoms with van der Waals surface area (Å²) in [5, 5.41) is 4.63. The third-order valence-electron chi connectivity index (χ3n) is 3.96. The van der Waals surface area contributed by atoms with E-state index < -0.39 is 0 Å². The first-order chi connectivity index (χ1) is 11.5. The van der Waals surface area contributed by atoms with Gasteiger partial charge in [0.1, 0.15) is 0 Å². The molecule has 2 aromatic rings. The van der Waals surface area contributed by atoms with Crippen LogP contribution < -0.4 is 4.74 Å². The smallest absolute Gasteiger partial charge is 0.274 e. The number of hydrogen-bond donors (Lipinski definition) is 0. The Morgan fingerprint density at radius 1 is 1.42 bits per heavy atom. The van der Waals surface area contributed by atoms with E-state index in [9.17, 15) is 4.79 Å². The molecular formula is C17H21ClN4O2. The van der Waals surface area contributed by atoms with E-state index in [0.717, 1.165) is 12.8 Å². The predicted molar refractivity (Wildman–Crippen MR) is 91.4 cm³/mol. The number of piperidine rings is 1. The quantitative estimate of drug-likeness (QED) is 0.851. The Bertz CT molecular complexity index is 703. The Balaban J connectivity index is 1.78. The van der Waals surface area contributed by atoms with Crippen molar-refractivity contribution in [2.45, 2.75) is 38.8 Å². The van der Waals surface area contributed by atoms with Crippen LogP contribution in [0.5, 0.6) is 5.88 Å². The second-order valence-electron chi connectivity index (χ2n) is 6.18. The van der Waals surface area contributed by atoms with E-state index in [1.807, 2.05) is 30.8 Å². The molecular weight excluding hydrogens is 328 g/mol. The molecule has 0 spiro atoms. The van der Waals surface area contributed by atoms with Gasteiger partial charge in [0.2, 0.25) is 5.88 Å². The van der Waals surface area contributed by atoms with Crippen molar-refractivity contribution in [2.75, 3.05) is 13.1 Å². The van der Waals surface area contributed by atoms with Gasteiger partial charge in [-0.15, -0.1) is 0 Å². The van der Waals surface area contributed by atoms with Crippen LogP contribution in [0.2, 0.25) is 5.02 Å². The van der Waals surface area contributed by atoms with Crippen LogP contribution >= 0.6 is 11.6 Å². The molecule has 128 valence electrons. The van der Waals surface area contributed by atoms with Gasteiger partial charge in [0.15, 0.2) is 5.69 Å².